The fourth-order valence-electron chi connectivity index (χ4n) is 2.83. The summed E-state index contributed by atoms with van der Waals surface area (Å²) in [6.45, 7) is 2.17. The van der Waals surface area contributed by atoms with Gasteiger partial charge in [0.05, 0.1) is 0 Å². The van der Waals surface area contributed by atoms with Gasteiger partial charge in [-0.25, -0.2) is 0 Å². The molecule has 142 valence electrons. The van der Waals surface area contributed by atoms with Crippen molar-refractivity contribution in [2.75, 3.05) is 0 Å². The zero-order valence-corrected chi connectivity index (χ0v) is 19.9. The number of hydrogen-bond acceptors (Lipinski definition) is 4. The second kappa shape index (κ2) is 12.2. The van der Waals surface area contributed by atoms with Gasteiger partial charge >= 0.3 is 51.4 Å². The van der Waals surface area contributed by atoms with Crippen LogP contribution in [0.5, 0.6) is 17.2 Å². The molecule has 2 aromatic rings. The fourth-order valence-corrected chi connectivity index (χ4v) is 3.50. The van der Waals surface area contributed by atoms with Crippen molar-refractivity contribution < 1.29 is 74.2 Å². The molecule has 0 saturated carbocycles. The van der Waals surface area contributed by atoms with Crippen LogP contribution in [0.4, 0.5) is 0 Å². The summed E-state index contributed by atoms with van der Waals surface area (Å²) in [5.74, 6) is -0.484. The van der Waals surface area contributed by atoms with Gasteiger partial charge in [0.15, 0.2) is 0 Å². The van der Waals surface area contributed by atoms with Crippen LogP contribution in [0, 0.1) is 0 Å². The average molecular weight is 417 g/mol. The minimum atomic E-state index is -4.67. The van der Waals surface area contributed by atoms with Gasteiger partial charge in [0, 0.05) is 0 Å². The molecule has 0 bridgehead atoms. The molecule has 7 heteroatoms. The summed E-state index contributed by atoms with van der Waals surface area (Å²) in [5.41, 5.74) is 0.712. The molecular weight excluding hydrogens is 391 g/mol. The molecule has 0 aliphatic rings. The number of hydrogen-bond donors (Lipinski definition) is 1. The molecule has 0 heterocycles. The quantitative estimate of drug-likeness (QED) is 0.362. The number of ether oxygens (including phenoxy) is 1. The molecule has 0 radical (unpaired) electrons. The van der Waals surface area contributed by atoms with Crippen LogP contribution in [0.25, 0.3) is 0 Å². The minimum absolute atomic E-state index is 0. The number of para-hydroxylation sites is 1. The third-order valence-corrected chi connectivity index (χ3v) is 5.05. The molecule has 1 N–H and O–H groups in total. The Kier molecular flexibility index (Phi) is 11.1. The third-order valence-electron chi connectivity index (χ3n) is 4.13. The Morgan fingerprint density at radius 3 is 2.26 bits per heavy atom. The maximum Gasteiger partial charge on any atom is 1.00 e. The van der Waals surface area contributed by atoms with E-state index in [9.17, 15) is 18.1 Å². The zero-order chi connectivity index (χ0) is 19.0. The van der Waals surface area contributed by atoms with Gasteiger partial charge in [0.25, 0.3) is 10.1 Å². The SMILES string of the molecule is CCCCCCCCc1cc([O-])c(S(=O)(=O)O)c(Oc2ccccc2)c1.[K+]. The van der Waals surface area contributed by atoms with Crippen molar-refractivity contribution in [1.29, 1.82) is 0 Å². The summed E-state index contributed by atoms with van der Waals surface area (Å²) in [5, 5.41) is 12.3. The average Bonchev–Trinajstić information content (AvgIpc) is 2.57. The number of benzene rings is 2. The van der Waals surface area contributed by atoms with E-state index in [1.165, 1.54) is 31.4 Å². The number of rotatable bonds is 10. The topological polar surface area (TPSA) is 86.7 Å². The zero-order valence-electron chi connectivity index (χ0n) is 16.0. The molecule has 5 nitrogen and oxygen atoms in total. The Labute approximate surface area is 204 Å². The fraction of sp³-hybridized carbons (Fsp3) is 0.400. The number of aryl methyl sites for hydroxylation is 1. The Bertz CT molecular complexity index is 807. The molecule has 0 atom stereocenters. The molecule has 0 saturated heterocycles. The second-order valence-corrected chi connectivity index (χ2v) is 7.69. The van der Waals surface area contributed by atoms with E-state index in [2.05, 4.69) is 6.92 Å². The van der Waals surface area contributed by atoms with Gasteiger partial charge in [-0.15, -0.1) is 0 Å². The molecule has 0 aromatic heterocycles. The van der Waals surface area contributed by atoms with Crippen LogP contribution in [0.1, 0.15) is 51.0 Å². The van der Waals surface area contributed by atoms with Crippen LogP contribution in [0.3, 0.4) is 0 Å². The molecule has 2 rings (SSSR count). The van der Waals surface area contributed by atoms with Crippen molar-refractivity contribution in [3.63, 3.8) is 0 Å². The molecule has 2 aromatic carbocycles. The molecule has 0 spiro atoms. The standard InChI is InChI=1S/C20H26O5S.K/c1-2-3-4-5-6-8-11-16-14-18(21)20(26(22,23)24)19(15-16)25-17-12-9-7-10-13-17;/h7,9-10,12-15,21H,2-6,8,11H2,1H3,(H,22,23,24);/q;+1/p-1. The van der Waals surface area contributed by atoms with Crippen LogP contribution in [0.2, 0.25) is 0 Å². The largest absolute Gasteiger partial charge is 1.00 e. The smallest absolute Gasteiger partial charge is 0.871 e. The minimum Gasteiger partial charge on any atom is -0.871 e. The van der Waals surface area contributed by atoms with Gasteiger partial charge < -0.3 is 9.84 Å². The predicted molar refractivity (Wildman–Crippen MR) is 99.3 cm³/mol. The third kappa shape index (κ3) is 8.23. The summed E-state index contributed by atoms with van der Waals surface area (Å²) in [6, 6.07) is 11.4. The maximum atomic E-state index is 12.3. The molecule has 0 unspecified atom stereocenters. The van der Waals surface area contributed by atoms with Gasteiger partial charge in [-0.05, 0) is 36.6 Å². The molecular formula is C20H25KO5S. The Morgan fingerprint density at radius 1 is 1.00 bits per heavy atom. The predicted octanol–water partition coefficient (Wildman–Crippen LogP) is 1.71. The van der Waals surface area contributed by atoms with Crippen molar-refractivity contribution in [2.24, 2.45) is 0 Å². The van der Waals surface area contributed by atoms with E-state index in [0.717, 1.165) is 19.3 Å². The first-order valence-corrected chi connectivity index (χ1v) is 10.4. The van der Waals surface area contributed by atoms with E-state index >= 15 is 0 Å². The van der Waals surface area contributed by atoms with Crippen LogP contribution in [0.15, 0.2) is 47.4 Å². The van der Waals surface area contributed by atoms with Crippen molar-refractivity contribution in [1.82, 2.24) is 0 Å². The molecule has 0 aliphatic heterocycles. The van der Waals surface area contributed by atoms with Gasteiger partial charge in [-0.3, -0.25) is 4.55 Å². The molecule has 0 fully saturated rings. The van der Waals surface area contributed by atoms with Gasteiger partial charge in [-0.2, -0.15) is 8.42 Å². The van der Waals surface area contributed by atoms with Gasteiger partial charge in [0.1, 0.15) is 16.4 Å². The van der Waals surface area contributed by atoms with Crippen molar-refractivity contribution in [3.8, 4) is 17.2 Å². The molecule has 0 aliphatic carbocycles. The Hall–Kier alpha value is -0.414. The van der Waals surface area contributed by atoms with Crippen LogP contribution in [-0.2, 0) is 16.5 Å². The summed E-state index contributed by atoms with van der Waals surface area (Å²) in [4.78, 5) is -0.715. The monoisotopic (exact) mass is 416 g/mol. The van der Waals surface area contributed by atoms with Gasteiger partial charge in [-0.1, -0.05) is 69.0 Å². The van der Waals surface area contributed by atoms with E-state index in [-0.39, 0.29) is 57.1 Å². The van der Waals surface area contributed by atoms with Crippen LogP contribution >= 0.6 is 0 Å². The van der Waals surface area contributed by atoms with E-state index in [0.29, 0.717) is 17.7 Å². The van der Waals surface area contributed by atoms with Crippen LogP contribution in [-0.4, -0.2) is 13.0 Å². The van der Waals surface area contributed by atoms with Crippen molar-refractivity contribution in [3.05, 3.63) is 48.0 Å². The van der Waals surface area contributed by atoms with E-state index in [4.69, 9.17) is 4.74 Å². The summed E-state index contributed by atoms with van der Waals surface area (Å²) in [7, 11) is -4.67. The molecule has 0 amide bonds. The van der Waals surface area contributed by atoms with Crippen molar-refractivity contribution in [2.45, 2.75) is 56.8 Å². The number of unbranched alkanes of at least 4 members (excludes halogenated alkanes) is 5. The van der Waals surface area contributed by atoms with E-state index in [1.54, 1.807) is 30.3 Å². The Morgan fingerprint density at radius 2 is 1.63 bits per heavy atom. The summed E-state index contributed by atoms with van der Waals surface area (Å²) in [6.07, 6.45) is 7.40. The van der Waals surface area contributed by atoms with E-state index < -0.39 is 20.8 Å². The van der Waals surface area contributed by atoms with Crippen LogP contribution < -0.4 is 61.2 Å². The van der Waals surface area contributed by atoms with Crippen molar-refractivity contribution >= 4 is 10.1 Å². The second-order valence-electron chi connectivity index (χ2n) is 6.33. The Balaban J connectivity index is 0.00000364. The summed E-state index contributed by atoms with van der Waals surface area (Å²) < 4.78 is 38.2. The van der Waals surface area contributed by atoms with Gasteiger partial charge in [0.2, 0.25) is 0 Å². The first-order chi connectivity index (χ1) is 12.4. The summed E-state index contributed by atoms with van der Waals surface area (Å²) >= 11 is 0. The van der Waals surface area contributed by atoms with E-state index in [1.807, 2.05) is 0 Å². The first-order valence-electron chi connectivity index (χ1n) is 8.96. The maximum absolute atomic E-state index is 12.3. The molecule has 27 heavy (non-hydrogen) atoms. The first kappa shape index (κ1) is 24.6. The normalized spacial score (nSPS) is 11.0.